The van der Waals surface area contributed by atoms with Gasteiger partial charge in [0.05, 0.1) is 5.69 Å². The minimum absolute atomic E-state index is 0.0444. The first-order valence-corrected chi connectivity index (χ1v) is 8.85. The summed E-state index contributed by atoms with van der Waals surface area (Å²) >= 11 is 0. The summed E-state index contributed by atoms with van der Waals surface area (Å²) in [5.41, 5.74) is 1.30. The second-order valence-electron chi connectivity index (χ2n) is 7.51. The molecule has 0 saturated carbocycles. The first-order chi connectivity index (χ1) is 10.9. The molecule has 0 aromatic carbocycles. The molecule has 5 nitrogen and oxygen atoms in total. The van der Waals surface area contributed by atoms with Gasteiger partial charge in [0.2, 0.25) is 0 Å². The van der Waals surface area contributed by atoms with Crippen molar-refractivity contribution in [2.75, 3.05) is 26.2 Å². The standard InChI is InChI=1S/C18H31N3O2/c1-12(2)11-21-8-6-15(7-9-21)10-19-18(22)16-14(5)20-23-17(16)13(3)4/h12-13,15H,6-11H2,1-5H3,(H,19,22). The normalized spacial score (nSPS) is 17.2. The number of carbonyl (C=O) groups excluding carboxylic acids is 1. The molecule has 0 atom stereocenters. The topological polar surface area (TPSA) is 58.4 Å². The van der Waals surface area contributed by atoms with E-state index in [4.69, 9.17) is 4.52 Å². The third kappa shape index (κ3) is 4.80. The highest BCUT2D eigenvalue weighted by atomic mass is 16.5. The molecule has 0 unspecified atom stereocenters. The Labute approximate surface area is 139 Å². The van der Waals surface area contributed by atoms with Crippen molar-refractivity contribution >= 4 is 5.91 Å². The van der Waals surface area contributed by atoms with Gasteiger partial charge >= 0.3 is 0 Å². The van der Waals surface area contributed by atoms with Crippen LogP contribution in [0.15, 0.2) is 4.52 Å². The van der Waals surface area contributed by atoms with E-state index in [0.717, 1.165) is 38.4 Å². The molecule has 0 bridgehead atoms. The lowest BCUT2D eigenvalue weighted by Crippen LogP contribution is -2.40. The molecule has 0 spiro atoms. The van der Waals surface area contributed by atoms with E-state index in [1.165, 1.54) is 6.54 Å². The maximum Gasteiger partial charge on any atom is 0.256 e. The van der Waals surface area contributed by atoms with Crippen molar-refractivity contribution in [1.29, 1.82) is 0 Å². The molecule has 2 rings (SSSR count). The summed E-state index contributed by atoms with van der Waals surface area (Å²) < 4.78 is 5.30. The predicted octanol–water partition coefficient (Wildman–Crippen LogP) is 3.20. The predicted molar refractivity (Wildman–Crippen MR) is 91.7 cm³/mol. The fraction of sp³-hybridized carbons (Fsp3) is 0.778. The lowest BCUT2D eigenvalue weighted by atomic mass is 9.96. The molecule has 23 heavy (non-hydrogen) atoms. The fourth-order valence-electron chi connectivity index (χ4n) is 3.27. The number of aryl methyl sites for hydroxylation is 1. The van der Waals surface area contributed by atoms with Crippen molar-refractivity contribution < 1.29 is 9.32 Å². The van der Waals surface area contributed by atoms with E-state index in [9.17, 15) is 4.79 Å². The molecular weight excluding hydrogens is 290 g/mol. The van der Waals surface area contributed by atoms with Crippen molar-refractivity contribution in [3.8, 4) is 0 Å². The monoisotopic (exact) mass is 321 g/mol. The van der Waals surface area contributed by atoms with Crippen LogP contribution < -0.4 is 5.32 Å². The van der Waals surface area contributed by atoms with Gasteiger partial charge in [0.25, 0.3) is 5.91 Å². The number of hydrogen-bond donors (Lipinski definition) is 1. The van der Waals surface area contributed by atoms with Crippen LogP contribution in [0, 0.1) is 18.8 Å². The number of nitrogens with one attached hydrogen (secondary N) is 1. The van der Waals surface area contributed by atoms with Gasteiger partial charge in [-0.25, -0.2) is 0 Å². The molecule has 1 aromatic heterocycles. The summed E-state index contributed by atoms with van der Waals surface area (Å²) in [6.45, 7) is 14.6. The van der Waals surface area contributed by atoms with Crippen LogP contribution >= 0.6 is 0 Å². The molecule has 1 N–H and O–H groups in total. The van der Waals surface area contributed by atoms with E-state index < -0.39 is 0 Å². The van der Waals surface area contributed by atoms with E-state index in [2.05, 4.69) is 29.2 Å². The average Bonchev–Trinajstić information content (AvgIpc) is 2.88. The summed E-state index contributed by atoms with van der Waals surface area (Å²) in [6, 6.07) is 0. The largest absolute Gasteiger partial charge is 0.360 e. The molecule has 1 amide bonds. The molecule has 1 aromatic rings. The molecular formula is C18H31N3O2. The lowest BCUT2D eigenvalue weighted by Gasteiger charge is -2.33. The third-order valence-electron chi connectivity index (χ3n) is 4.52. The highest BCUT2D eigenvalue weighted by Crippen LogP contribution is 2.22. The van der Waals surface area contributed by atoms with E-state index in [0.29, 0.717) is 22.9 Å². The number of aromatic nitrogens is 1. The highest BCUT2D eigenvalue weighted by Gasteiger charge is 2.24. The molecule has 0 radical (unpaired) electrons. The Balaban J connectivity index is 1.83. The van der Waals surface area contributed by atoms with Gasteiger partial charge in [-0.2, -0.15) is 0 Å². The SMILES string of the molecule is Cc1noc(C(C)C)c1C(=O)NCC1CCN(CC(C)C)CC1. The Bertz CT molecular complexity index is 514. The van der Waals surface area contributed by atoms with Crippen molar-refractivity contribution in [2.45, 2.75) is 53.4 Å². The Morgan fingerprint density at radius 1 is 1.30 bits per heavy atom. The summed E-state index contributed by atoms with van der Waals surface area (Å²) in [6.07, 6.45) is 2.32. The Hall–Kier alpha value is -1.36. The molecule has 1 aliphatic rings. The van der Waals surface area contributed by atoms with Crippen LogP contribution in [0.25, 0.3) is 0 Å². The van der Waals surface area contributed by atoms with Gasteiger partial charge < -0.3 is 14.7 Å². The lowest BCUT2D eigenvalue weighted by molar-refractivity contribution is 0.0931. The van der Waals surface area contributed by atoms with Gasteiger partial charge in [-0.1, -0.05) is 32.9 Å². The summed E-state index contributed by atoms with van der Waals surface area (Å²) in [7, 11) is 0. The second-order valence-corrected chi connectivity index (χ2v) is 7.51. The number of nitrogens with zero attached hydrogens (tertiary/aromatic N) is 2. The van der Waals surface area contributed by atoms with Crippen molar-refractivity contribution in [3.63, 3.8) is 0 Å². The van der Waals surface area contributed by atoms with Gasteiger partial charge in [-0.3, -0.25) is 4.79 Å². The van der Waals surface area contributed by atoms with Gasteiger partial charge in [-0.05, 0) is 44.7 Å². The van der Waals surface area contributed by atoms with Gasteiger partial charge in [0.15, 0.2) is 5.76 Å². The first-order valence-electron chi connectivity index (χ1n) is 8.85. The average molecular weight is 321 g/mol. The zero-order chi connectivity index (χ0) is 17.0. The number of likely N-dealkylation sites (tertiary alicyclic amines) is 1. The molecule has 130 valence electrons. The van der Waals surface area contributed by atoms with Crippen LogP contribution in [-0.2, 0) is 0 Å². The quantitative estimate of drug-likeness (QED) is 0.874. The van der Waals surface area contributed by atoms with Crippen LogP contribution in [0.1, 0.15) is 68.3 Å². The molecule has 1 aliphatic heterocycles. The van der Waals surface area contributed by atoms with Crippen LogP contribution in [0.4, 0.5) is 0 Å². The van der Waals surface area contributed by atoms with Crippen LogP contribution in [-0.4, -0.2) is 42.1 Å². The smallest absolute Gasteiger partial charge is 0.256 e. The highest BCUT2D eigenvalue weighted by molar-refractivity contribution is 5.96. The van der Waals surface area contributed by atoms with E-state index >= 15 is 0 Å². The third-order valence-corrected chi connectivity index (χ3v) is 4.52. The number of amides is 1. The number of hydrogen-bond acceptors (Lipinski definition) is 4. The second kappa shape index (κ2) is 7.95. The van der Waals surface area contributed by atoms with Gasteiger partial charge in [0.1, 0.15) is 5.56 Å². The minimum atomic E-state index is -0.0444. The van der Waals surface area contributed by atoms with E-state index in [1.54, 1.807) is 0 Å². The fourth-order valence-corrected chi connectivity index (χ4v) is 3.27. The van der Waals surface area contributed by atoms with Crippen LogP contribution in [0.3, 0.4) is 0 Å². The summed E-state index contributed by atoms with van der Waals surface area (Å²) in [5, 5.41) is 7.04. The van der Waals surface area contributed by atoms with E-state index in [-0.39, 0.29) is 11.8 Å². The Kier molecular flexibility index (Phi) is 6.22. The van der Waals surface area contributed by atoms with Gasteiger partial charge in [0, 0.05) is 19.0 Å². The Morgan fingerprint density at radius 3 is 2.52 bits per heavy atom. The molecule has 1 saturated heterocycles. The maximum absolute atomic E-state index is 12.5. The zero-order valence-corrected chi connectivity index (χ0v) is 15.2. The first kappa shape index (κ1) is 18.0. The van der Waals surface area contributed by atoms with E-state index in [1.807, 2.05) is 20.8 Å². The van der Waals surface area contributed by atoms with Crippen molar-refractivity contribution in [3.05, 3.63) is 17.0 Å². The van der Waals surface area contributed by atoms with Crippen molar-refractivity contribution in [1.82, 2.24) is 15.4 Å². The minimum Gasteiger partial charge on any atom is -0.360 e. The Morgan fingerprint density at radius 2 is 1.96 bits per heavy atom. The van der Waals surface area contributed by atoms with Crippen molar-refractivity contribution in [2.24, 2.45) is 11.8 Å². The molecule has 0 aliphatic carbocycles. The van der Waals surface area contributed by atoms with Crippen LogP contribution in [0.5, 0.6) is 0 Å². The van der Waals surface area contributed by atoms with Crippen LogP contribution in [0.2, 0.25) is 0 Å². The molecule has 1 fully saturated rings. The summed E-state index contributed by atoms with van der Waals surface area (Å²) in [4.78, 5) is 15.0. The number of piperidine rings is 1. The zero-order valence-electron chi connectivity index (χ0n) is 15.2. The number of rotatable bonds is 6. The summed E-state index contributed by atoms with van der Waals surface area (Å²) in [5.74, 6) is 2.10. The molecule has 5 heteroatoms. The number of carbonyl (C=O) groups is 1. The molecule has 2 heterocycles. The maximum atomic E-state index is 12.5. The van der Waals surface area contributed by atoms with Gasteiger partial charge in [-0.15, -0.1) is 0 Å².